The summed E-state index contributed by atoms with van der Waals surface area (Å²) in [5, 5.41) is 2.83. The van der Waals surface area contributed by atoms with Crippen LogP contribution in [0.15, 0.2) is 36.4 Å². The number of anilines is 2. The normalized spacial score (nSPS) is 29.7. The average molecular weight is 504 g/mol. The molecule has 3 amide bonds. The van der Waals surface area contributed by atoms with Crippen molar-refractivity contribution in [2.24, 2.45) is 11.8 Å². The van der Waals surface area contributed by atoms with E-state index >= 15 is 0 Å². The number of hydrogen-bond acceptors (Lipinski definition) is 4. The van der Waals surface area contributed by atoms with E-state index in [1.54, 1.807) is 0 Å². The topological polar surface area (TPSA) is 69.7 Å². The highest BCUT2D eigenvalue weighted by Gasteiger charge is 2.74. The first-order chi connectivity index (χ1) is 16.6. The molecule has 3 unspecified atom stereocenters. The Morgan fingerprint density at radius 3 is 2.63 bits per heavy atom. The molecule has 182 valence electrons. The predicted molar refractivity (Wildman–Crippen MR) is 122 cm³/mol. The number of nitrogens with one attached hydrogen (secondary N) is 1. The summed E-state index contributed by atoms with van der Waals surface area (Å²) in [6.07, 6.45) is -2.65. The summed E-state index contributed by atoms with van der Waals surface area (Å²) < 4.78 is 40.3. The number of benzene rings is 2. The second-order valence-corrected chi connectivity index (χ2v) is 9.90. The summed E-state index contributed by atoms with van der Waals surface area (Å²) in [6.45, 7) is 2.51. The van der Waals surface area contributed by atoms with Gasteiger partial charge in [0.15, 0.2) is 0 Å². The zero-order valence-corrected chi connectivity index (χ0v) is 19.4. The Balaban J connectivity index is 1.54. The number of fused-ring (bicyclic) bond motifs is 7. The third-order valence-corrected chi connectivity index (χ3v) is 8.33. The molecular formula is C25H21ClF3N3O3. The van der Waals surface area contributed by atoms with Crippen molar-refractivity contribution in [1.29, 1.82) is 0 Å². The van der Waals surface area contributed by atoms with Gasteiger partial charge in [-0.2, -0.15) is 13.2 Å². The number of amides is 3. The lowest BCUT2D eigenvalue weighted by atomic mass is 9.75. The van der Waals surface area contributed by atoms with Crippen LogP contribution in [-0.2, 0) is 32.5 Å². The van der Waals surface area contributed by atoms with Crippen molar-refractivity contribution in [3.63, 3.8) is 0 Å². The molecule has 0 aliphatic carbocycles. The summed E-state index contributed by atoms with van der Waals surface area (Å²) in [4.78, 5) is 44.2. The van der Waals surface area contributed by atoms with Crippen LogP contribution in [0, 0.1) is 11.8 Å². The molecule has 0 saturated carbocycles. The van der Waals surface area contributed by atoms with Crippen molar-refractivity contribution in [3.8, 4) is 0 Å². The highest BCUT2D eigenvalue weighted by molar-refractivity contribution is 6.36. The molecule has 0 radical (unpaired) electrons. The average Bonchev–Trinajstić information content (AvgIpc) is 3.52. The van der Waals surface area contributed by atoms with Gasteiger partial charge >= 0.3 is 6.18 Å². The minimum Gasteiger partial charge on any atom is -0.324 e. The fourth-order valence-corrected chi connectivity index (χ4v) is 6.89. The summed E-state index contributed by atoms with van der Waals surface area (Å²) >= 11 is 6.22. The van der Waals surface area contributed by atoms with E-state index in [1.807, 2.05) is 30.0 Å². The lowest BCUT2D eigenvalue weighted by molar-refractivity contribution is -0.137. The summed E-state index contributed by atoms with van der Waals surface area (Å²) in [5.41, 5.74) is -0.472. The monoisotopic (exact) mass is 503 g/mol. The van der Waals surface area contributed by atoms with Crippen LogP contribution in [0.1, 0.15) is 36.5 Å². The van der Waals surface area contributed by atoms with Gasteiger partial charge in [0.1, 0.15) is 5.54 Å². The molecule has 1 spiro atoms. The molecular weight excluding hydrogens is 483 g/mol. The molecule has 35 heavy (non-hydrogen) atoms. The standard InChI is InChI=1S/C25H21ClF3N3O3/c1-2-12-5-3-6-14-20(12)30-23(35)24(14)19-18(16-7-4-10-31(16)24)21(33)32(22(19)34)17-11-13(25(27,28)29)8-9-15(17)26/h3,5-6,8-9,11,16,18-19H,2,4,7,10H2,1H3,(H,30,35)/t16?,18?,19?,24-/m1/s1. The van der Waals surface area contributed by atoms with E-state index in [-0.39, 0.29) is 22.7 Å². The van der Waals surface area contributed by atoms with E-state index in [2.05, 4.69) is 5.32 Å². The predicted octanol–water partition coefficient (Wildman–Crippen LogP) is 4.35. The lowest BCUT2D eigenvalue weighted by Gasteiger charge is -2.36. The number of nitrogens with zero attached hydrogens (tertiary/aromatic N) is 2. The number of rotatable bonds is 2. The number of halogens is 4. The van der Waals surface area contributed by atoms with Crippen LogP contribution >= 0.6 is 11.6 Å². The number of imide groups is 1. The van der Waals surface area contributed by atoms with Gasteiger partial charge in [-0.05, 0) is 49.6 Å². The van der Waals surface area contributed by atoms with Crippen molar-refractivity contribution < 1.29 is 27.6 Å². The number of carbonyl (C=O) groups excluding carboxylic acids is 3. The largest absolute Gasteiger partial charge is 0.416 e. The molecule has 4 heterocycles. The molecule has 0 aromatic heterocycles. The van der Waals surface area contributed by atoms with Crippen molar-refractivity contribution in [2.45, 2.75) is 43.9 Å². The van der Waals surface area contributed by atoms with Crippen molar-refractivity contribution in [2.75, 3.05) is 16.8 Å². The first-order valence-corrected chi connectivity index (χ1v) is 11.9. The maximum absolute atomic E-state index is 14.0. The fraction of sp³-hybridized carbons (Fsp3) is 0.400. The first-order valence-electron chi connectivity index (χ1n) is 11.6. The van der Waals surface area contributed by atoms with Gasteiger partial charge in [0.2, 0.25) is 17.7 Å². The Kier molecular flexibility index (Phi) is 4.70. The molecule has 6 nitrogen and oxygen atoms in total. The van der Waals surface area contributed by atoms with Gasteiger partial charge in [-0.3, -0.25) is 19.3 Å². The maximum atomic E-state index is 14.0. The SMILES string of the molecule is CCc1cccc2c1NC(=O)[C@]21C2C(=O)N(c3cc(C(F)(F)F)ccc3Cl)C(=O)C2C2CCCN21. The molecule has 6 rings (SSSR count). The van der Waals surface area contributed by atoms with Crippen LogP contribution < -0.4 is 10.2 Å². The summed E-state index contributed by atoms with van der Waals surface area (Å²) in [7, 11) is 0. The zero-order chi connectivity index (χ0) is 24.9. The third-order valence-electron chi connectivity index (χ3n) is 8.01. The van der Waals surface area contributed by atoms with Crippen LogP contribution in [0.25, 0.3) is 0 Å². The zero-order valence-electron chi connectivity index (χ0n) is 18.7. The van der Waals surface area contributed by atoms with Gasteiger partial charge < -0.3 is 5.32 Å². The van der Waals surface area contributed by atoms with E-state index < -0.39 is 40.9 Å². The lowest BCUT2D eigenvalue weighted by Crippen LogP contribution is -2.54. The van der Waals surface area contributed by atoms with E-state index in [0.29, 0.717) is 30.6 Å². The molecule has 4 atom stereocenters. The Morgan fingerprint density at radius 1 is 1.14 bits per heavy atom. The number of para-hydroxylation sites is 1. The molecule has 3 fully saturated rings. The van der Waals surface area contributed by atoms with Gasteiger partial charge in [0.05, 0.1) is 28.1 Å². The molecule has 1 N–H and O–H groups in total. The van der Waals surface area contributed by atoms with Gasteiger partial charge in [-0.15, -0.1) is 0 Å². The maximum Gasteiger partial charge on any atom is 0.416 e. The minimum absolute atomic E-state index is 0.137. The highest BCUT2D eigenvalue weighted by Crippen LogP contribution is 2.61. The van der Waals surface area contributed by atoms with E-state index in [1.165, 1.54) is 0 Å². The second-order valence-electron chi connectivity index (χ2n) is 9.50. The van der Waals surface area contributed by atoms with Gasteiger partial charge in [-0.25, -0.2) is 4.90 Å². The Hall–Kier alpha value is -2.91. The molecule has 4 aliphatic rings. The van der Waals surface area contributed by atoms with E-state index in [0.717, 1.165) is 35.1 Å². The molecule has 10 heteroatoms. The van der Waals surface area contributed by atoms with Crippen molar-refractivity contribution in [3.05, 3.63) is 58.1 Å². The minimum atomic E-state index is -4.68. The Morgan fingerprint density at radius 2 is 1.91 bits per heavy atom. The van der Waals surface area contributed by atoms with Crippen LogP contribution in [0.3, 0.4) is 0 Å². The Labute approximate surface area is 204 Å². The van der Waals surface area contributed by atoms with Crippen LogP contribution in [0.2, 0.25) is 5.02 Å². The molecule has 2 aromatic carbocycles. The number of carbonyl (C=O) groups is 3. The fourth-order valence-electron chi connectivity index (χ4n) is 6.68. The van der Waals surface area contributed by atoms with E-state index in [4.69, 9.17) is 11.6 Å². The van der Waals surface area contributed by atoms with Gasteiger partial charge in [-0.1, -0.05) is 36.7 Å². The molecule has 3 saturated heterocycles. The van der Waals surface area contributed by atoms with Crippen LogP contribution in [-0.4, -0.2) is 35.2 Å². The van der Waals surface area contributed by atoms with Crippen LogP contribution in [0.4, 0.5) is 24.5 Å². The van der Waals surface area contributed by atoms with Gasteiger partial charge in [0.25, 0.3) is 0 Å². The summed E-state index contributed by atoms with van der Waals surface area (Å²) in [6, 6.07) is 7.76. The molecule has 2 aromatic rings. The van der Waals surface area contributed by atoms with Crippen molar-refractivity contribution in [1.82, 2.24) is 4.90 Å². The number of aryl methyl sites for hydroxylation is 1. The third kappa shape index (κ3) is 2.73. The van der Waals surface area contributed by atoms with E-state index in [9.17, 15) is 27.6 Å². The smallest absolute Gasteiger partial charge is 0.324 e. The van der Waals surface area contributed by atoms with Crippen molar-refractivity contribution >= 4 is 40.7 Å². The Bertz CT molecular complexity index is 1310. The highest BCUT2D eigenvalue weighted by atomic mass is 35.5. The summed E-state index contributed by atoms with van der Waals surface area (Å²) in [5.74, 6) is -3.58. The van der Waals surface area contributed by atoms with Crippen LogP contribution in [0.5, 0.6) is 0 Å². The molecule has 4 aliphatic heterocycles. The number of alkyl halides is 3. The second kappa shape index (κ2) is 7.30. The number of hydrogen-bond donors (Lipinski definition) is 1. The first kappa shape index (κ1) is 22.5. The quantitative estimate of drug-likeness (QED) is 0.619. The molecule has 0 bridgehead atoms. The van der Waals surface area contributed by atoms with Gasteiger partial charge in [0, 0.05) is 17.3 Å².